The number of aliphatic hydroxyl groups is 1. The van der Waals surface area contributed by atoms with Crippen molar-refractivity contribution in [2.75, 3.05) is 0 Å². The Balaban J connectivity index is 2.19. The molecular weight excluding hydrogens is 310 g/mol. The molecule has 102 valence electrons. The summed E-state index contributed by atoms with van der Waals surface area (Å²) in [6.07, 6.45) is -0.579. The lowest BCUT2D eigenvalue weighted by Gasteiger charge is -2.13. The highest BCUT2D eigenvalue weighted by molar-refractivity contribution is 9.10. The van der Waals surface area contributed by atoms with Crippen molar-refractivity contribution < 1.29 is 9.84 Å². The largest absolute Gasteiger partial charge is 0.485 e. The maximum atomic E-state index is 9.72. The van der Waals surface area contributed by atoms with Crippen LogP contribution in [0.2, 0.25) is 0 Å². The number of ether oxygens (including phenoxy) is 1. The van der Waals surface area contributed by atoms with Crippen molar-refractivity contribution in [3.8, 4) is 5.75 Å². The standard InChI is InChI=1S/C13H16BrN3O2/c1-8(18)11-5-4-10(14)6-12(11)19-7-13-16-15-9(2)17(13)3/h4-6,8,18H,7H2,1-3H3/t8-/m1/s1. The van der Waals surface area contributed by atoms with Gasteiger partial charge in [-0.3, -0.25) is 0 Å². The lowest BCUT2D eigenvalue weighted by atomic mass is 10.1. The number of aliphatic hydroxyl groups excluding tert-OH is 1. The highest BCUT2D eigenvalue weighted by atomic mass is 79.9. The van der Waals surface area contributed by atoms with Gasteiger partial charge in [0.1, 0.15) is 18.2 Å². The van der Waals surface area contributed by atoms with Crippen molar-refractivity contribution >= 4 is 15.9 Å². The van der Waals surface area contributed by atoms with Gasteiger partial charge in [0, 0.05) is 17.1 Å². The van der Waals surface area contributed by atoms with E-state index in [0.29, 0.717) is 12.4 Å². The fourth-order valence-electron chi connectivity index (χ4n) is 1.70. The van der Waals surface area contributed by atoms with Crippen molar-refractivity contribution in [2.45, 2.75) is 26.6 Å². The van der Waals surface area contributed by atoms with Gasteiger partial charge >= 0.3 is 0 Å². The number of aromatic nitrogens is 3. The molecule has 0 radical (unpaired) electrons. The van der Waals surface area contributed by atoms with Crippen LogP contribution in [0.5, 0.6) is 5.75 Å². The van der Waals surface area contributed by atoms with Gasteiger partial charge in [0.2, 0.25) is 0 Å². The third-order valence-electron chi connectivity index (χ3n) is 2.97. The Morgan fingerprint density at radius 1 is 1.42 bits per heavy atom. The molecular formula is C13H16BrN3O2. The van der Waals surface area contributed by atoms with Gasteiger partial charge in [-0.2, -0.15) is 0 Å². The Morgan fingerprint density at radius 3 is 2.74 bits per heavy atom. The van der Waals surface area contributed by atoms with Crippen LogP contribution in [0.25, 0.3) is 0 Å². The summed E-state index contributed by atoms with van der Waals surface area (Å²) >= 11 is 3.40. The van der Waals surface area contributed by atoms with Gasteiger partial charge in [-0.1, -0.05) is 22.0 Å². The van der Waals surface area contributed by atoms with Gasteiger partial charge in [0.25, 0.3) is 0 Å². The lowest BCUT2D eigenvalue weighted by Crippen LogP contribution is -2.06. The van der Waals surface area contributed by atoms with E-state index in [4.69, 9.17) is 4.74 Å². The molecule has 0 fully saturated rings. The molecule has 6 heteroatoms. The third-order valence-corrected chi connectivity index (χ3v) is 3.46. The first-order valence-corrected chi connectivity index (χ1v) is 6.73. The third kappa shape index (κ3) is 3.13. The summed E-state index contributed by atoms with van der Waals surface area (Å²) in [5.74, 6) is 2.22. The van der Waals surface area contributed by atoms with E-state index in [0.717, 1.165) is 21.7 Å². The van der Waals surface area contributed by atoms with Gasteiger partial charge in [0.15, 0.2) is 5.82 Å². The first kappa shape index (κ1) is 14.0. The molecule has 0 aliphatic heterocycles. The Labute approximate surface area is 120 Å². The van der Waals surface area contributed by atoms with E-state index in [1.54, 1.807) is 6.92 Å². The maximum absolute atomic E-state index is 9.72. The first-order chi connectivity index (χ1) is 8.99. The summed E-state index contributed by atoms with van der Waals surface area (Å²) in [4.78, 5) is 0. The molecule has 1 aromatic heterocycles. The van der Waals surface area contributed by atoms with Crippen molar-refractivity contribution in [1.82, 2.24) is 14.8 Å². The molecule has 0 amide bonds. The lowest BCUT2D eigenvalue weighted by molar-refractivity contribution is 0.189. The Hall–Kier alpha value is -1.40. The molecule has 0 unspecified atom stereocenters. The van der Waals surface area contributed by atoms with Gasteiger partial charge < -0.3 is 14.4 Å². The van der Waals surface area contributed by atoms with Crippen LogP contribution in [0.1, 0.15) is 30.2 Å². The second kappa shape index (κ2) is 5.71. The minimum Gasteiger partial charge on any atom is -0.485 e. The number of rotatable bonds is 4. The molecule has 1 aromatic carbocycles. The number of nitrogens with zero attached hydrogens (tertiary/aromatic N) is 3. The van der Waals surface area contributed by atoms with Crippen LogP contribution >= 0.6 is 15.9 Å². The van der Waals surface area contributed by atoms with E-state index >= 15 is 0 Å². The highest BCUT2D eigenvalue weighted by Crippen LogP contribution is 2.29. The quantitative estimate of drug-likeness (QED) is 0.938. The van der Waals surface area contributed by atoms with E-state index in [2.05, 4.69) is 26.1 Å². The molecule has 2 aromatic rings. The van der Waals surface area contributed by atoms with Crippen LogP contribution in [0.4, 0.5) is 0 Å². The average Bonchev–Trinajstić information content (AvgIpc) is 2.67. The van der Waals surface area contributed by atoms with Crippen LogP contribution in [0, 0.1) is 6.92 Å². The summed E-state index contributed by atoms with van der Waals surface area (Å²) in [5, 5.41) is 17.7. The van der Waals surface area contributed by atoms with Crippen molar-refractivity contribution in [2.24, 2.45) is 7.05 Å². The minimum absolute atomic E-state index is 0.313. The zero-order valence-electron chi connectivity index (χ0n) is 11.1. The molecule has 0 aliphatic carbocycles. The van der Waals surface area contributed by atoms with Crippen LogP contribution in [0.15, 0.2) is 22.7 Å². The van der Waals surface area contributed by atoms with E-state index < -0.39 is 6.10 Å². The smallest absolute Gasteiger partial charge is 0.170 e. The van der Waals surface area contributed by atoms with E-state index in [-0.39, 0.29) is 0 Å². The van der Waals surface area contributed by atoms with Crippen molar-refractivity contribution in [3.63, 3.8) is 0 Å². The Morgan fingerprint density at radius 2 is 2.16 bits per heavy atom. The SMILES string of the molecule is Cc1nnc(COc2cc(Br)ccc2[C@@H](C)O)n1C. The average molecular weight is 326 g/mol. The topological polar surface area (TPSA) is 60.2 Å². The summed E-state index contributed by atoms with van der Waals surface area (Å²) < 4.78 is 8.52. The van der Waals surface area contributed by atoms with Crippen LogP contribution in [-0.4, -0.2) is 19.9 Å². The second-order valence-electron chi connectivity index (χ2n) is 4.37. The predicted molar refractivity (Wildman–Crippen MR) is 74.8 cm³/mol. The minimum atomic E-state index is -0.579. The van der Waals surface area contributed by atoms with Crippen LogP contribution in [0.3, 0.4) is 0 Å². The molecule has 0 saturated carbocycles. The zero-order valence-corrected chi connectivity index (χ0v) is 12.7. The summed E-state index contributed by atoms with van der Waals surface area (Å²) in [6, 6.07) is 5.55. The second-order valence-corrected chi connectivity index (χ2v) is 5.28. The summed E-state index contributed by atoms with van der Waals surface area (Å²) in [7, 11) is 1.89. The molecule has 0 aliphatic rings. The van der Waals surface area contributed by atoms with Gasteiger partial charge in [-0.05, 0) is 26.0 Å². The molecule has 0 spiro atoms. The first-order valence-electron chi connectivity index (χ1n) is 5.94. The molecule has 5 nitrogen and oxygen atoms in total. The molecule has 1 heterocycles. The molecule has 0 bridgehead atoms. The highest BCUT2D eigenvalue weighted by Gasteiger charge is 2.12. The normalized spacial score (nSPS) is 12.5. The number of halogens is 1. The molecule has 2 rings (SSSR count). The Bertz CT molecular complexity index is 581. The number of hydrogen-bond donors (Lipinski definition) is 1. The van der Waals surface area contributed by atoms with Gasteiger partial charge in [0.05, 0.1) is 6.10 Å². The Kier molecular flexibility index (Phi) is 4.21. The fraction of sp³-hybridized carbons (Fsp3) is 0.385. The predicted octanol–water partition coefficient (Wildman–Crippen LogP) is 2.52. The van der Waals surface area contributed by atoms with E-state index in [1.165, 1.54) is 0 Å². The number of hydrogen-bond acceptors (Lipinski definition) is 4. The molecule has 1 atom stereocenters. The van der Waals surface area contributed by atoms with Crippen molar-refractivity contribution in [1.29, 1.82) is 0 Å². The van der Waals surface area contributed by atoms with Gasteiger partial charge in [-0.15, -0.1) is 10.2 Å². The summed E-state index contributed by atoms with van der Waals surface area (Å²) in [6.45, 7) is 3.91. The molecule has 19 heavy (non-hydrogen) atoms. The van der Waals surface area contributed by atoms with Crippen molar-refractivity contribution in [3.05, 3.63) is 39.9 Å². The molecule has 0 saturated heterocycles. The van der Waals surface area contributed by atoms with E-state index in [1.807, 2.05) is 36.7 Å². The zero-order chi connectivity index (χ0) is 14.0. The number of benzene rings is 1. The van der Waals surface area contributed by atoms with Crippen LogP contribution in [-0.2, 0) is 13.7 Å². The molecule has 1 N–H and O–H groups in total. The van der Waals surface area contributed by atoms with Gasteiger partial charge in [-0.25, -0.2) is 0 Å². The fourth-order valence-corrected chi connectivity index (χ4v) is 2.04. The van der Waals surface area contributed by atoms with E-state index in [9.17, 15) is 5.11 Å². The maximum Gasteiger partial charge on any atom is 0.170 e. The number of aryl methyl sites for hydroxylation is 1. The monoisotopic (exact) mass is 325 g/mol. The summed E-state index contributed by atoms with van der Waals surface area (Å²) in [5.41, 5.74) is 0.752. The van der Waals surface area contributed by atoms with Crippen LogP contribution < -0.4 is 4.74 Å².